The van der Waals surface area contributed by atoms with Crippen molar-refractivity contribution in [3.63, 3.8) is 0 Å². The molecule has 0 spiro atoms. The van der Waals surface area contributed by atoms with Crippen molar-refractivity contribution < 1.29 is 0 Å². The summed E-state index contributed by atoms with van der Waals surface area (Å²) in [7, 11) is 4.15. The van der Waals surface area contributed by atoms with Gasteiger partial charge in [-0.1, -0.05) is 0 Å². The molecule has 42 valence electrons. The van der Waals surface area contributed by atoms with E-state index in [1.807, 2.05) is 11.8 Å². The molecular formula is C4H9NS2. The van der Waals surface area contributed by atoms with Gasteiger partial charge in [0.1, 0.15) is 0 Å². The molecule has 0 bridgehead atoms. The van der Waals surface area contributed by atoms with Crippen LogP contribution in [0.4, 0.5) is 0 Å². The third-order valence-corrected chi connectivity index (χ3v) is 3.00. The van der Waals surface area contributed by atoms with Gasteiger partial charge < -0.3 is 0 Å². The molecular weight excluding hydrogens is 126 g/mol. The van der Waals surface area contributed by atoms with E-state index in [2.05, 4.69) is 31.6 Å². The molecule has 0 aromatic heterocycles. The van der Waals surface area contributed by atoms with Gasteiger partial charge in [-0.3, -0.25) is 4.90 Å². The van der Waals surface area contributed by atoms with Crippen molar-refractivity contribution in [3.8, 4) is 0 Å². The number of rotatable bonds is 1. The predicted octanol–water partition coefficient (Wildman–Crippen LogP) is 0.877. The molecule has 1 aliphatic rings. The van der Waals surface area contributed by atoms with Gasteiger partial charge in [-0.15, -0.1) is 11.8 Å². The minimum atomic E-state index is 0.579. The van der Waals surface area contributed by atoms with Crippen molar-refractivity contribution in [1.82, 2.24) is 4.90 Å². The van der Waals surface area contributed by atoms with E-state index >= 15 is 0 Å². The largest absolute Gasteiger partial charge is 0.296 e. The van der Waals surface area contributed by atoms with Crippen LogP contribution in [0.1, 0.15) is 0 Å². The average molecular weight is 135 g/mol. The first-order chi connectivity index (χ1) is 3.22. The fourth-order valence-electron chi connectivity index (χ4n) is 0.474. The average Bonchev–Trinajstić information content (AvgIpc) is 2.17. The Balaban J connectivity index is 2.20. The molecule has 2 atom stereocenters. The van der Waals surface area contributed by atoms with E-state index in [1.54, 1.807) is 0 Å². The Hall–Kier alpha value is 0.660. The number of nitrogens with zero attached hydrogens (tertiary/aromatic N) is 1. The first kappa shape index (κ1) is 5.79. The van der Waals surface area contributed by atoms with Gasteiger partial charge in [0.25, 0.3) is 0 Å². The van der Waals surface area contributed by atoms with Gasteiger partial charge >= 0.3 is 0 Å². The molecule has 3 heteroatoms. The fraction of sp³-hybridized carbons (Fsp3) is 1.00. The van der Waals surface area contributed by atoms with Gasteiger partial charge in [0.05, 0.1) is 9.96 Å². The van der Waals surface area contributed by atoms with Crippen LogP contribution in [0.3, 0.4) is 0 Å². The maximum atomic E-state index is 4.23. The lowest BCUT2D eigenvalue weighted by atomic mass is 10.7. The van der Waals surface area contributed by atoms with E-state index in [4.69, 9.17) is 0 Å². The van der Waals surface area contributed by atoms with Crippen LogP contribution < -0.4 is 0 Å². The molecule has 0 saturated carbocycles. The molecule has 0 aromatic carbocycles. The molecule has 1 nitrogen and oxygen atoms in total. The third-order valence-electron chi connectivity index (χ3n) is 0.955. The van der Waals surface area contributed by atoms with E-state index in [-0.39, 0.29) is 0 Å². The van der Waals surface area contributed by atoms with Crippen molar-refractivity contribution in [2.45, 2.75) is 9.96 Å². The second kappa shape index (κ2) is 1.88. The van der Waals surface area contributed by atoms with E-state index in [0.717, 1.165) is 0 Å². The van der Waals surface area contributed by atoms with Crippen LogP contribution in [-0.2, 0) is 0 Å². The second-order valence-electron chi connectivity index (χ2n) is 1.88. The molecule has 1 fully saturated rings. The highest BCUT2D eigenvalue weighted by molar-refractivity contribution is 8.18. The van der Waals surface area contributed by atoms with Gasteiger partial charge in [-0.25, -0.2) is 0 Å². The molecule has 0 aliphatic carbocycles. The van der Waals surface area contributed by atoms with Crippen molar-refractivity contribution in [2.75, 3.05) is 14.1 Å². The highest BCUT2D eigenvalue weighted by Crippen LogP contribution is 2.44. The number of hydrogen-bond acceptors (Lipinski definition) is 3. The Bertz CT molecular complexity index is 74.1. The second-order valence-corrected chi connectivity index (χ2v) is 4.05. The molecule has 1 rings (SSSR count). The zero-order valence-electron chi connectivity index (χ0n) is 4.46. The SMILES string of the molecule is CN(C)C1SC1S. The molecule has 1 saturated heterocycles. The summed E-state index contributed by atoms with van der Waals surface area (Å²) in [5.74, 6) is 0. The van der Waals surface area contributed by atoms with Gasteiger partial charge in [0.15, 0.2) is 0 Å². The smallest absolute Gasteiger partial charge is 0.0775 e. The molecule has 2 unspecified atom stereocenters. The van der Waals surface area contributed by atoms with E-state index in [0.29, 0.717) is 9.96 Å². The van der Waals surface area contributed by atoms with Gasteiger partial charge in [-0.05, 0) is 14.1 Å². The van der Waals surface area contributed by atoms with Crippen molar-refractivity contribution >= 4 is 24.4 Å². The topological polar surface area (TPSA) is 3.24 Å². The van der Waals surface area contributed by atoms with Gasteiger partial charge in [0.2, 0.25) is 0 Å². The minimum absolute atomic E-state index is 0.579. The molecule has 0 N–H and O–H groups in total. The van der Waals surface area contributed by atoms with Crippen LogP contribution in [0.2, 0.25) is 0 Å². The molecule has 7 heavy (non-hydrogen) atoms. The fourth-order valence-corrected chi connectivity index (χ4v) is 1.80. The maximum Gasteiger partial charge on any atom is 0.0775 e. The molecule has 0 amide bonds. The lowest BCUT2D eigenvalue weighted by Crippen LogP contribution is -2.15. The maximum absolute atomic E-state index is 4.23. The molecule has 1 aliphatic heterocycles. The van der Waals surface area contributed by atoms with Crippen molar-refractivity contribution in [1.29, 1.82) is 0 Å². The summed E-state index contributed by atoms with van der Waals surface area (Å²) in [6, 6.07) is 0. The lowest BCUT2D eigenvalue weighted by Gasteiger charge is -2.02. The van der Waals surface area contributed by atoms with E-state index < -0.39 is 0 Å². The Kier molecular flexibility index (Phi) is 1.55. The standard InChI is InChI=1S/C4H9NS2/c1-5(2)3-4(6)7-3/h3-4,6H,1-2H3. The van der Waals surface area contributed by atoms with Crippen LogP contribution in [0.5, 0.6) is 0 Å². The van der Waals surface area contributed by atoms with Crippen molar-refractivity contribution in [2.24, 2.45) is 0 Å². The Morgan fingerprint density at radius 2 is 2.00 bits per heavy atom. The Morgan fingerprint density at radius 1 is 1.57 bits per heavy atom. The first-order valence-electron chi connectivity index (χ1n) is 2.22. The van der Waals surface area contributed by atoms with Crippen LogP contribution in [0, 0.1) is 0 Å². The van der Waals surface area contributed by atoms with Crippen LogP contribution in [-0.4, -0.2) is 29.0 Å². The van der Waals surface area contributed by atoms with E-state index in [1.165, 1.54) is 0 Å². The number of thioether (sulfide) groups is 1. The number of thiol groups is 1. The molecule has 1 heterocycles. The van der Waals surface area contributed by atoms with Crippen molar-refractivity contribution in [3.05, 3.63) is 0 Å². The normalized spacial score (nSPS) is 39.4. The first-order valence-corrected chi connectivity index (χ1v) is 3.67. The lowest BCUT2D eigenvalue weighted by molar-refractivity contribution is 0.426. The Labute approximate surface area is 53.9 Å². The highest BCUT2D eigenvalue weighted by Gasteiger charge is 2.36. The van der Waals surface area contributed by atoms with Gasteiger partial charge in [0, 0.05) is 0 Å². The third kappa shape index (κ3) is 1.27. The van der Waals surface area contributed by atoms with Crippen LogP contribution in [0.25, 0.3) is 0 Å². The summed E-state index contributed by atoms with van der Waals surface area (Å²) >= 11 is 6.12. The Morgan fingerprint density at radius 3 is 2.00 bits per heavy atom. The quantitative estimate of drug-likeness (QED) is 0.420. The zero-order valence-corrected chi connectivity index (χ0v) is 6.17. The summed E-state index contributed by atoms with van der Waals surface area (Å²) < 4.78 is 0.579. The highest BCUT2D eigenvalue weighted by atomic mass is 32.2. The summed E-state index contributed by atoms with van der Waals surface area (Å²) in [5, 5.41) is 0.684. The molecule has 0 aromatic rings. The summed E-state index contributed by atoms with van der Waals surface area (Å²) in [5.41, 5.74) is 0. The predicted molar refractivity (Wildman–Crippen MR) is 37.8 cm³/mol. The van der Waals surface area contributed by atoms with Crippen LogP contribution >= 0.6 is 24.4 Å². The van der Waals surface area contributed by atoms with Crippen LogP contribution in [0.15, 0.2) is 0 Å². The zero-order chi connectivity index (χ0) is 5.44. The summed E-state index contributed by atoms with van der Waals surface area (Å²) in [4.78, 5) is 2.18. The monoisotopic (exact) mass is 135 g/mol. The number of hydrogen-bond donors (Lipinski definition) is 1. The summed E-state index contributed by atoms with van der Waals surface area (Å²) in [6.07, 6.45) is 0. The summed E-state index contributed by atoms with van der Waals surface area (Å²) in [6.45, 7) is 0. The van der Waals surface area contributed by atoms with Gasteiger partial charge in [-0.2, -0.15) is 12.6 Å². The molecule has 0 radical (unpaired) electrons. The van der Waals surface area contributed by atoms with E-state index in [9.17, 15) is 0 Å². The minimum Gasteiger partial charge on any atom is -0.296 e.